The maximum absolute atomic E-state index is 12.7. The summed E-state index contributed by atoms with van der Waals surface area (Å²) in [5.41, 5.74) is 8.91. The summed E-state index contributed by atoms with van der Waals surface area (Å²) < 4.78 is 0. The van der Waals surface area contributed by atoms with Crippen molar-refractivity contribution in [2.75, 3.05) is 18.8 Å². The number of hydrogen-bond acceptors (Lipinski definition) is 3. The third kappa shape index (κ3) is 3.58. The second-order valence-corrected chi connectivity index (χ2v) is 7.26. The molecule has 0 spiro atoms. The van der Waals surface area contributed by atoms with E-state index in [2.05, 4.69) is 29.2 Å². The Labute approximate surface area is 158 Å². The number of carbonyl (C=O) groups excluding carboxylic acids is 2. The number of amides is 1. The number of nitrogens with two attached hydrogens (primary N) is 1. The molecular weight excluding hydrogens is 338 g/mol. The molecule has 138 valence electrons. The van der Waals surface area contributed by atoms with E-state index >= 15 is 0 Å². The van der Waals surface area contributed by atoms with Crippen LogP contribution < -0.4 is 5.73 Å². The molecule has 4 rings (SSSR count). The lowest BCUT2D eigenvalue weighted by Crippen LogP contribution is -2.42. The number of piperidine rings is 1. The number of rotatable bonds is 4. The van der Waals surface area contributed by atoms with Crippen LogP contribution in [0, 0.1) is 5.92 Å². The van der Waals surface area contributed by atoms with Gasteiger partial charge in [0, 0.05) is 35.9 Å². The number of ketones is 1. The Morgan fingerprint density at radius 2 is 1.81 bits per heavy atom. The van der Waals surface area contributed by atoms with E-state index < -0.39 is 11.7 Å². The summed E-state index contributed by atoms with van der Waals surface area (Å²) in [5.74, 6) is -0.305. The van der Waals surface area contributed by atoms with E-state index in [1.807, 2.05) is 6.07 Å². The molecule has 5 nitrogen and oxygen atoms in total. The lowest BCUT2D eigenvalue weighted by Gasteiger charge is -2.31. The molecule has 27 heavy (non-hydrogen) atoms. The summed E-state index contributed by atoms with van der Waals surface area (Å²) in [6.07, 6.45) is 4.49. The highest BCUT2D eigenvalue weighted by Crippen LogP contribution is 2.24. The lowest BCUT2D eigenvalue weighted by molar-refractivity contribution is -0.127. The number of H-pyrrole nitrogens is 1. The minimum atomic E-state index is -0.451. The zero-order chi connectivity index (χ0) is 18.8. The predicted molar refractivity (Wildman–Crippen MR) is 106 cm³/mol. The Balaban J connectivity index is 1.40. The molecule has 1 aliphatic rings. The van der Waals surface area contributed by atoms with Crippen molar-refractivity contribution < 1.29 is 9.59 Å². The van der Waals surface area contributed by atoms with Crippen molar-refractivity contribution in [1.82, 2.24) is 9.88 Å². The molecule has 3 N–H and O–H groups in total. The van der Waals surface area contributed by atoms with Crippen LogP contribution in [0.15, 0.2) is 54.7 Å². The number of nitrogen functional groups attached to an aromatic ring is 1. The van der Waals surface area contributed by atoms with Crippen LogP contribution in [0.4, 0.5) is 5.69 Å². The van der Waals surface area contributed by atoms with Gasteiger partial charge in [0.05, 0.1) is 5.56 Å². The number of benzene rings is 2. The van der Waals surface area contributed by atoms with Crippen LogP contribution in [-0.4, -0.2) is 34.7 Å². The molecule has 0 unspecified atom stereocenters. The molecule has 0 radical (unpaired) electrons. The van der Waals surface area contributed by atoms with Crippen LogP contribution in [0.25, 0.3) is 10.9 Å². The number of aromatic nitrogens is 1. The van der Waals surface area contributed by atoms with Gasteiger partial charge in [-0.3, -0.25) is 9.59 Å². The number of Topliss-reactive ketones (excluding diaryl/α,β-unsaturated/α-hetero) is 1. The van der Waals surface area contributed by atoms with E-state index in [1.165, 1.54) is 5.56 Å². The Kier molecular flexibility index (Phi) is 4.67. The summed E-state index contributed by atoms with van der Waals surface area (Å²) >= 11 is 0. The van der Waals surface area contributed by atoms with Gasteiger partial charge in [0.1, 0.15) is 0 Å². The fraction of sp³-hybridized carbons (Fsp3) is 0.273. The SMILES string of the molecule is Nc1ccc2c(C(=O)C(=O)N3CCC(Cc4ccccc4)CC3)c[nH]c2c1. The van der Waals surface area contributed by atoms with Crippen LogP contribution in [0.3, 0.4) is 0 Å². The van der Waals surface area contributed by atoms with Crippen molar-refractivity contribution in [3.8, 4) is 0 Å². The largest absolute Gasteiger partial charge is 0.399 e. The van der Waals surface area contributed by atoms with E-state index in [4.69, 9.17) is 5.73 Å². The molecule has 5 heteroatoms. The van der Waals surface area contributed by atoms with Gasteiger partial charge in [-0.15, -0.1) is 0 Å². The number of aromatic amines is 1. The predicted octanol–water partition coefficient (Wildman–Crippen LogP) is 3.41. The molecule has 0 bridgehead atoms. The van der Waals surface area contributed by atoms with Gasteiger partial charge in [-0.05, 0) is 42.9 Å². The van der Waals surface area contributed by atoms with E-state index in [0.29, 0.717) is 30.3 Å². The molecular formula is C22H23N3O2. The first kappa shape index (κ1) is 17.3. The monoisotopic (exact) mass is 361 g/mol. The molecule has 2 heterocycles. The highest BCUT2D eigenvalue weighted by molar-refractivity contribution is 6.44. The van der Waals surface area contributed by atoms with Gasteiger partial charge in [0.2, 0.25) is 0 Å². The molecule has 2 aromatic carbocycles. The summed E-state index contributed by atoms with van der Waals surface area (Å²) in [7, 11) is 0. The molecule has 1 aliphatic heterocycles. The van der Waals surface area contributed by atoms with Gasteiger partial charge in [-0.25, -0.2) is 0 Å². The van der Waals surface area contributed by atoms with E-state index in [9.17, 15) is 9.59 Å². The normalized spacial score (nSPS) is 15.2. The summed E-state index contributed by atoms with van der Waals surface area (Å²) in [5, 5.41) is 0.738. The van der Waals surface area contributed by atoms with E-state index in [1.54, 1.807) is 29.3 Å². The van der Waals surface area contributed by atoms with Gasteiger partial charge in [-0.1, -0.05) is 36.4 Å². The average molecular weight is 361 g/mol. The fourth-order valence-electron chi connectivity index (χ4n) is 3.88. The maximum Gasteiger partial charge on any atom is 0.295 e. The molecule has 1 amide bonds. The minimum absolute atomic E-state index is 0.411. The average Bonchev–Trinajstić information content (AvgIpc) is 3.11. The lowest BCUT2D eigenvalue weighted by atomic mass is 9.90. The van der Waals surface area contributed by atoms with Crippen LogP contribution in [-0.2, 0) is 11.2 Å². The zero-order valence-electron chi connectivity index (χ0n) is 15.2. The number of carbonyl (C=O) groups is 2. The number of nitrogens with zero attached hydrogens (tertiary/aromatic N) is 1. The number of fused-ring (bicyclic) bond motifs is 1. The molecule has 0 saturated carbocycles. The summed E-state index contributed by atoms with van der Waals surface area (Å²) in [4.78, 5) is 30.2. The van der Waals surface area contributed by atoms with Crippen molar-refractivity contribution >= 4 is 28.3 Å². The topological polar surface area (TPSA) is 79.2 Å². The first-order valence-corrected chi connectivity index (χ1v) is 9.36. The number of hydrogen-bond donors (Lipinski definition) is 2. The first-order chi connectivity index (χ1) is 13.1. The van der Waals surface area contributed by atoms with Crippen LogP contribution >= 0.6 is 0 Å². The van der Waals surface area contributed by atoms with Crippen molar-refractivity contribution in [2.45, 2.75) is 19.3 Å². The second kappa shape index (κ2) is 7.27. The van der Waals surface area contributed by atoms with Crippen LogP contribution in [0.2, 0.25) is 0 Å². The van der Waals surface area contributed by atoms with E-state index in [-0.39, 0.29) is 0 Å². The van der Waals surface area contributed by atoms with Gasteiger partial charge in [0.25, 0.3) is 11.7 Å². The highest BCUT2D eigenvalue weighted by Gasteiger charge is 2.29. The van der Waals surface area contributed by atoms with Gasteiger partial charge in [-0.2, -0.15) is 0 Å². The zero-order valence-corrected chi connectivity index (χ0v) is 15.2. The van der Waals surface area contributed by atoms with Gasteiger partial charge in [0.15, 0.2) is 0 Å². The van der Waals surface area contributed by atoms with Crippen molar-refractivity contribution in [2.24, 2.45) is 5.92 Å². The quantitative estimate of drug-likeness (QED) is 0.425. The molecule has 1 saturated heterocycles. The molecule has 0 aliphatic carbocycles. The molecule has 0 atom stereocenters. The Morgan fingerprint density at radius 3 is 2.56 bits per heavy atom. The van der Waals surface area contributed by atoms with Crippen LogP contribution in [0.5, 0.6) is 0 Å². The molecule has 1 fully saturated rings. The van der Waals surface area contributed by atoms with Crippen molar-refractivity contribution in [3.63, 3.8) is 0 Å². The van der Waals surface area contributed by atoms with Crippen molar-refractivity contribution in [1.29, 1.82) is 0 Å². The number of nitrogens with one attached hydrogen (secondary N) is 1. The Bertz CT molecular complexity index is 970. The van der Waals surface area contributed by atoms with Crippen molar-refractivity contribution in [3.05, 3.63) is 65.9 Å². The van der Waals surface area contributed by atoms with Crippen LogP contribution in [0.1, 0.15) is 28.8 Å². The summed E-state index contributed by atoms with van der Waals surface area (Å²) in [6.45, 7) is 1.27. The Morgan fingerprint density at radius 1 is 1.07 bits per heavy atom. The standard InChI is InChI=1S/C22H23N3O2/c23-17-6-7-18-19(14-24-20(18)13-17)21(26)22(27)25-10-8-16(9-11-25)12-15-4-2-1-3-5-15/h1-7,13-14,16,24H,8-12,23H2. The fourth-order valence-corrected chi connectivity index (χ4v) is 3.88. The maximum atomic E-state index is 12.7. The molecule has 1 aromatic heterocycles. The highest BCUT2D eigenvalue weighted by atomic mass is 16.2. The first-order valence-electron chi connectivity index (χ1n) is 9.36. The smallest absolute Gasteiger partial charge is 0.295 e. The number of anilines is 1. The van der Waals surface area contributed by atoms with Gasteiger partial charge >= 0.3 is 0 Å². The second-order valence-electron chi connectivity index (χ2n) is 7.26. The molecule has 3 aromatic rings. The minimum Gasteiger partial charge on any atom is -0.399 e. The number of likely N-dealkylation sites (tertiary alicyclic amines) is 1. The third-order valence-corrected chi connectivity index (χ3v) is 5.41. The Hall–Kier alpha value is -3.08. The van der Waals surface area contributed by atoms with Gasteiger partial charge < -0.3 is 15.6 Å². The van der Waals surface area contributed by atoms with E-state index in [0.717, 1.165) is 30.2 Å². The third-order valence-electron chi connectivity index (χ3n) is 5.41. The summed E-state index contributed by atoms with van der Waals surface area (Å²) in [6, 6.07) is 15.7.